The monoisotopic (exact) mass is 285 g/mol. The largest absolute Gasteiger partial charge is 0.496 e. The van der Waals surface area contributed by atoms with Gasteiger partial charge in [-0.05, 0) is 46.6 Å². The van der Waals surface area contributed by atoms with Gasteiger partial charge < -0.3 is 4.74 Å². The molecule has 0 bridgehead atoms. The predicted molar refractivity (Wildman–Crippen MR) is 64.8 cm³/mol. The normalized spacial score (nSPS) is 11.7. The van der Waals surface area contributed by atoms with Gasteiger partial charge in [0.2, 0.25) is 0 Å². The van der Waals surface area contributed by atoms with Crippen molar-refractivity contribution >= 4 is 32.6 Å². The van der Waals surface area contributed by atoms with Gasteiger partial charge in [-0.3, -0.25) is 0 Å². The summed E-state index contributed by atoms with van der Waals surface area (Å²) < 4.78 is 5.91. The zero-order valence-electron chi connectivity index (χ0n) is 8.34. The Morgan fingerprint density at radius 3 is 2.67 bits per heavy atom. The van der Waals surface area contributed by atoms with Crippen LogP contribution in [0.4, 0.5) is 0 Å². The Balaban J connectivity index is 3.20. The van der Waals surface area contributed by atoms with Crippen molar-refractivity contribution in [3.05, 3.63) is 33.8 Å². The van der Waals surface area contributed by atoms with Crippen molar-refractivity contribution < 1.29 is 4.74 Å². The Labute approximate surface area is 102 Å². The molecule has 0 fully saturated rings. The second-order valence-corrected chi connectivity index (χ2v) is 4.13. The van der Waals surface area contributed by atoms with Gasteiger partial charge in [-0.1, -0.05) is 11.6 Å². The number of hydrogen-bond donors (Lipinski definition) is 0. The van der Waals surface area contributed by atoms with Crippen LogP contribution in [0.2, 0.25) is 0 Å². The third-order valence-corrected chi connectivity index (χ3v) is 3.02. The van der Waals surface area contributed by atoms with Gasteiger partial charge in [-0.25, -0.2) is 0 Å². The maximum Gasteiger partial charge on any atom is 0.133 e. The van der Waals surface area contributed by atoms with E-state index in [0.29, 0.717) is 10.6 Å². The number of hydrogen-bond acceptors (Lipinski definition) is 2. The van der Waals surface area contributed by atoms with Crippen LogP contribution in [-0.4, -0.2) is 7.11 Å². The summed E-state index contributed by atoms with van der Waals surface area (Å²) in [5, 5.41) is 9.17. The van der Waals surface area contributed by atoms with Gasteiger partial charge in [-0.15, -0.1) is 0 Å². The lowest BCUT2D eigenvalue weighted by molar-refractivity contribution is 0.412. The maximum atomic E-state index is 8.71. The van der Waals surface area contributed by atoms with Gasteiger partial charge >= 0.3 is 0 Å². The summed E-state index contributed by atoms with van der Waals surface area (Å²) in [4.78, 5) is 0. The highest BCUT2D eigenvalue weighted by molar-refractivity contribution is 9.10. The minimum Gasteiger partial charge on any atom is -0.496 e. The minimum absolute atomic E-state index is 0.459. The van der Waals surface area contributed by atoms with E-state index in [0.717, 1.165) is 15.8 Å². The second kappa shape index (κ2) is 5.20. The quantitative estimate of drug-likeness (QED) is 0.771. The second-order valence-electron chi connectivity index (χ2n) is 2.90. The first-order valence-corrected chi connectivity index (χ1v) is 5.37. The molecule has 0 aliphatic carbocycles. The molecule has 78 valence electrons. The smallest absolute Gasteiger partial charge is 0.133 e. The molecule has 0 unspecified atom stereocenters. The number of allylic oxidation sites excluding steroid dienone is 1. The Morgan fingerprint density at radius 1 is 1.53 bits per heavy atom. The SMILES string of the molecule is COc1ccc(C(Cl)=C(C)C#N)cc1Br. The van der Waals surface area contributed by atoms with Gasteiger partial charge in [0, 0.05) is 5.57 Å². The molecule has 2 nitrogen and oxygen atoms in total. The summed E-state index contributed by atoms with van der Waals surface area (Å²) in [6, 6.07) is 7.44. The van der Waals surface area contributed by atoms with E-state index in [1.807, 2.05) is 18.2 Å². The number of rotatable bonds is 2. The molecule has 0 atom stereocenters. The highest BCUT2D eigenvalue weighted by Crippen LogP contribution is 2.31. The van der Waals surface area contributed by atoms with Gasteiger partial charge in [-0.2, -0.15) is 5.26 Å². The first-order valence-electron chi connectivity index (χ1n) is 4.20. The van der Waals surface area contributed by atoms with Crippen LogP contribution in [0.15, 0.2) is 28.2 Å². The summed E-state index contributed by atoms with van der Waals surface area (Å²) in [7, 11) is 1.59. The van der Waals surface area contributed by atoms with E-state index in [2.05, 4.69) is 15.9 Å². The van der Waals surface area contributed by atoms with Gasteiger partial charge in [0.15, 0.2) is 0 Å². The van der Waals surface area contributed by atoms with E-state index in [-0.39, 0.29) is 0 Å². The molecule has 0 saturated heterocycles. The Hall–Kier alpha value is -0.980. The van der Waals surface area contributed by atoms with Crippen LogP contribution in [0.5, 0.6) is 5.75 Å². The maximum absolute atomic E-state index is 8.71. The summed E-state index contributed by atoms with van der Waals surface area (Å²) in [5.41, 5.74) is 1.29. The summed E-state index contributed by atoms with van der Waals surface area (Å²) in [6.07, 6.45) is 0. The van der Waals surface area contributed by atoms with Crippen molar-refractivity contribution in [1.82, 2.24) is 0 Å². The van der Waals surface area contributed by atoms with E-state index < -0.39 is 0 Å². The lowest BCUT2D eigenvalue weighted by atomic mass is 10.1. The highest BCUT2D eigenvalue weighted by atomic mass is 79.9. The molecule has 4 heteroatoms. The van der Waals surface area contributed by atoms with E-state index in [1.165, 1.54) is 0 Å². The van der Waals surface area contributed by atoms with Crippen LogP contribution in [0, 0.1) is 11.3 Å². The third kappa shape index (κ3) is 2.74. The fraction of sp³-hybridized carbons (Fsp3) is 0.182. The van der Waals surface area contributed by atoms with Crippen LogP contribution >= 0.6 is 27.5 Å². The lowest BCUT2D eigenvalue weighted by Gasteiger charge is -2.05. The van der Waals surface area contributed by atoms with E-state index in [9.17, 15) is 0 Å². The first-order chi connectivity index (χ1) is 7.10. The average molecular weight is 287 g/mol. The van der Waals surface area contributed by atoms with Crippen LogP contribution in [-0.2, 0) is 0 Å². The van der Waals surface area contributed by atoms with Crippen LogP contribution in [0.25, 0.3) is 5.03 Å². The molecule has 1 aromatic rings. The van der Waals surface area contributed by atoms with Crippen molar-refractivity contribution in [3.8, 4) is 11.8 Å². The number of methoxy groups -OCH3 is 1. The first kappa shape index (κ1) is 12.1. The molecule has 0 radical (unpaired) electrons. The van der Waals surface area contributed by atoms with E-state index in [1.54, 1.807) is 20.1 Å². The molecule has 1 aromatic carbocycles. The molecular formula is C11H9BrClNO. The number of nitrogens with zero attached hydrogens (tertiary/aromatic N) is 1. The summed E-state index contributed by atoms with van der Waals surface area (Å²) in [6.45, 7) is 1.68. The Morgan fingerprint density at radius 2 is 2.20 bits per heavy atom. The standard InChI is InChI=1S/C11H9BrClNO/c1-7(6-14)11(13)8-3-4-10(15-2)9(12)5-8/h3-5H,1-2H3. The zero-order valence-corrected chi connectivity index (χ0v) is 10.7. The molecule has 0 saturated carbocycles. The average Bonchev–Trinajstić information content (AvgIpc) is 2.26. The molecule has 15 heavy (non-hydrogen) atoms. The highest BCUT2D eigenvalue weighted by Gasteiger charge is 2.06. The molecule has 1 rings (SSSR count). The summed E-state index contributed by atoms with van der Waals surface area (Å²) >= 11 is 9.38. The molecular weight excluding hydrogens is 277 g/mol. The van der Waals surface area contributed by atoms with E-state index in [4.69, 9.17) is 21.6 Å². The van der Waals surface area contributed by atoms with Gasteiger partial charge in [0.1, 0.15) is 5.75 Å². The molecule has 0 spiro atoms. The fourth-order valence-corrected chi connectivity index (χ4v) is 1.77. The zero-order chi connectivity index (χ0) is 11.4. The van der Waals surface area contributed by atoms with Gasteiger partial charge in [0.25, 0.3) is 0 Å². The van der Waals surface area contributed by atoms with Crippen LogP contribution in [0.1, 0.15) is 12.5 Å². The van der Waals surface area contributed by atoms with Gasteiger partial charge in [0.05, 0.1) is 22.7 Å². The van der Waals surface area contributed by atoms with Crippen molar-refractivity contribution in [3.63, 3.8) is 0 Å². The predicted octanol–water partition coefficient (Wildman–Crippen LogP) is 3.95. The van der Waals surface area contributed by atoms with Crippen molar-refractivity contribution in [1.29, 1.82) is 5.26 Å². The minimum atomic E-state index is 0.459. The number of ether oxygens (including phenoxy) is 1. The third-order valence-electron chi connectivity index (χ3n) is 1.90. The van der Waals surface area contributed by atoms with Crippen LogP contribution < -0.4 is 4.74 Å². The fourth-order valence-electron chi connectivity index (χ4n) is 1.07. The van der Waals surface area contributed by atoms with Crippen molar-refractivity contribution in [2.75, 3.05) is 7.11 Å². The molecule has 0 amide bonds. The van der Waals surface area contributed by atoms with E-state index >= 15 is 0 Å². The van der Waals surface area contributed by atoms with Crippen molar-refractivity contribution in [2.45, 2.75) is 6.92 Å². The lowest BCUT2D eigenvalue weighted by Crippen LogP contribution is -1.86. The molecule has 0 heterocycles. The number of nitriles is 1. The summed E-state index contributed by atoms with van der Waals surface area (Å²) in [5.74, 6) is 0.734. The Kier molecular flexibility index (Phi) is 4.19. The number of benzene rings is 1. The molecule has 0 aromatic heterocycles. The molecule has 0 aliphatic rings. The number of halogens is 2. The van der Waals surface area contributed by atoms with Crippen molar-refractivity contribution in [2.24, 2.45) is 0 Å². The van der Waals surface area contributed by atoms with Crippen LogP contribution in [0.3, 0.4) is 0 Å². The topological polar surface area (TPSA) is 33.0 Å². The Bertz CT molecular complexity index is 448. The molecule has 0 N–H and O–H groups in total. The molecule has 0 aliphatic heterocycles.